The van der Waals surface area contributed by atoms with Crippen LogP contribution in [0.3, 0.4) is 0 Å². The molecule has 4 aromatic rings. The molecule has 28 heavy (non-hydrogen) atoms. The van der Waals surface area contributed by atoms with E-state index in [0.717, 1.165) is 11.1 Å². The van der Waals surface area contributed by atoms with E-state index < -0.39 is 0 Å². The van der Waals surface area contributed by atoms with Crippen molar-refractivity contribution < 1.29 is 13.7 Å². The van der Waals surface area contributed by atoms with Crippen LogP contribution >= 0.6 is 11.8 Å². The van der Waals surface area contributed by atoms with E-state index in [2.05, 4.69) is 20.3 Å². The summed E-state index contributed by atoms with van der Waals surface area (Å²) >= 11 is 1.34. The minimum absolute atomic E-state index is 0.414. The molecular formula is C20H18N4O3S. The van der Waals surface area contributed by atoms with E-state index in [1.165, 1.54) is 17.3 Å². The lowest BCUT2D eigenvalue weighted by molar-refractivity contribution is 0.340. The van der Waals surface area contributed by atoms with Crippen molar-refractivity contribution in [1.29, 1.82) is 0 Å². The van der Waals surface area contributed by atoms with Crippen LogP contribution in [0.5, 0.6) is 5.75 Å². The minimum atomic E-state index is 0.414. The van der Waals surface area contributed by atoms with Gasteiger partial charge in [-0.3, -0.25) is 0 Å². The Hall–Kier alpha value is -3.13. The Morgan fingerprint density at radius 1 is 1.04 bits per heavy atom. The number of thioether (sulfide) groups is 1. The van der Waals surface area contributed by atoms with Gasteiger partial charge < -0.3 is 13.7 Å². The van der Waals surface area contributed by atoms with Crippen molar-refractivity contribution in [3.05, 3.63) is 60.0 Å². The maximum absolute atomic E-state index is 5.75. The first-order valence-electron chi connectivity index (χ1n) is 8.81. The molecule has 0 N–H and O–H groups in total. The number of rotatable bonds is 7. The molecule has 0 amide bonds. The third-order valence-corrected chi connectivity index (χ3v) is 4.72. The van der Waals surface area contributed by atoms with E-state index >= 15 is 0 Å². The summed E-state index contributed by atoms with van der Waals surface area (Å²) in [5.74, 6) is 2.62. The molecule has 0 saturated heterocycles. The van der Waals surface area contributed by atoms with Gasteiger partial charge in [-0.05, 0) is 26.0 Å². The summed E-state index contributed by atoms with van der Waals surface area (Å²) in [6.45, 7) is 4.53. The molecule has 0 fully saturated rings. The summed E-state index contributed by atoms with van der Waals surface area (Å²) in [7, 11) is 0. The van der Waals surface area contributed by atoms with Crippen LogP contribution in [-0.4, -0.2) is 26.9 Å². The topological polar surface area (TPSA) is 87.1 Å². The number of aryl methyl sites for hydroxylation is 1. The molecule has 0 atom stereocenters. The molecule has 142 valence electrons. The summed E-state index contributed by atoms with van der Waals surface area (Å²) in [5.41, 5.74) is 2.86. The van der Waals surface area contributed by atoms with Gasteiger partial charge in [-0.15, -0.1) is 10.2 Å². The van der Waals surface area contributed by atoms with E-state index in [9.17, 15) is 0 Å². The monoisotopic (exact) mass is 394 g/mol. The van der Waals surface area contributed by atoms with Crippen LogP contribution in [0, 0.1) is 6.92 Å². The van der Waals surface area contributed by atoms with Gasteiger partial charge in [0, 0.05) is 5.56 Å². The van der Waals surface area contributed by atoms with Crippen molar-refractivity contribution in [1.82, 2.24) is 20.3 Å². The lowest BCUT2D eigenvalue weighted by Crippen LogP contribution is -1.93. The minimum Gasteiger partial charge on any atom is -0.493 e. The lowest BCUT2D eigenvalue weighted by Gasteiger charge is -2.05. The van der Waals surface area contributed by atoms with Crippen LogP contribution in [0.4, 0.5) is 0 Å². The number of aromatic nitrogens is 4. The molecule has 0 aliphatic rings. The Morgan fingerprint density at radius 3 is 2.68 bits per heavy atom. The smallest absolute Gasteiger partial charge is 0.277 e. The van der Waals surface area contributed by atoms with E-state index in [-0.39, 0.29) is 0 Å². The second-order valence-electron chi connectivity index (χ2n) is 5.97. The molecule has 0 bridgehead atoms. The first-order chi connectivity index (χ1) is 13.7. The number of hydrogen-bond donors (Lipinski definition) is 0. The largest absolute Gasteiger partial charge is 0.493 e. The number of benzene rings is 2. The van der Waals surface area contributed by atoms with Gasteiger partial charge in [-0.1, -0.05) is 58.9 Å². The summed E-state index contributed by atoms with van der Waals surface area (Å²) in [5, 5.41) is 12.7. The third kappa shape index (κ3) is 4.07. The van der Waals surface area contributed by atoms with Crippen LogP contribution in [0.2, 0.25) is 0 Å². The highest BCUT2D eigenvalue weighted by Crippen LogP contribution is 2.31. The fraction of sp³-hybridized carbons (Fsp3) is 0.200. The van der Waals surface area contributed by atoms with Gasteiger partial charge in [0.1, 0.15) is 5.75 Å². The van der Waals surface area contributed by atoms with Crippen LogP contribution in [0.25, 0.3) is 22.8 Å². The first-order valence-corrected chi connectivity index (χ1v) is 9.79. The highest BCUT2D eigenvalue weighted by molar-refractivity contribution is 7.98. The maximum Gasteiger partial charge on any atom is 0.277 e. The van der Waals surface area contributed by atoms with Gasteiger partial charge in [-0.25, -0.2) is 0 Å². The predicted octanol–water partition coefficient (Wildman–Crippen LogP) is 4.79. The quantitative estimate of drug-likeness (QED) is 0.414. The van der Waals surface area contributed by atoms with Crippen LogP contribution in [-0.2, 0) is 5.75 Å². The molecule has 4 rings (SSSR count). The highest BCUT2D eigenvalue weighted by atomic mass is 32.2. The fourth-order valence-corrected chi connectivity index (χ4v) is 3.16. The molecule has 2 aromatic carbocycles. The van der Waals surface area contributed by atoms with E-state index in [1.807, 2.05) is 62.4 Å². The highest BCUT2D eigenvalue weighted by Gasteiger charge is 2.15. The molecule has 8 heteroatoms. The summed E-state index contributed by atoms with van der Waals surface area (Å²) in [4.78, 5) is 4.42. The summed E-state index contributed by atoms with van der Waals surface area (Å²) in [6, 6.07) is 15.5. The van der Waals surface area contributed by atoms with E-state index in [0.29, 0.717) is 40.9 Å². The fourth-order valence-electron chi connectivity index (χ4n) is 2.56. The third-order valence-electron chi connectivity index (χ3n) is 3.92. The second kappa shape index (κ2) is 8.26. The van der Waals surface area contributed by atoms with Crippen molar-refractivity contribution in [3.8, 4) is 28.6 Å². The molecule has 0 spiro atoms. The standard InChI is InChI=1S/C20H18N4O3S/c1-3-25-16-7-5-4-6-15(16)19-22-23-20(26-19)28-12-17-21-18(24-27-17)14-10-8-13(2)9-11-14/h4-11H,3,12H2,1-2H3. The summed E-state index contributed by atoms with van der Waals surface area (Å²) < 4.78 is 16.7. The van der Waals surface area contributed by atoms with Crippen molar-refractivity contribution in [2.24, 2.45) is 0 Å². The Labute approximate surface area is 166 Å². The van der Waals surface area contributed by atoms with Crippen molar-refractivity contribution in [3.63, 3.8) is 0 Å². The molecule has 0 aliphatic heterocycles. The van der Waals surface area contributed by atoms with Gasteiger partial charge >= 0.3 is 0 Å². The van der Waals surface area contributed by atoms with Gasteiger partial charge in [0.25, 0.3) is 11.1 Å². The molecule has 7 nitrogen and oxygen atoms in total. The number of para-hydroxylation sites is 1. The van der Waals surface area contributed by atoms with Crippen molar-refractivity contribution in [2.45, 2.75) is 24.8 Å². The maximum atomic E-state index is 5.75. The molecule has 2 aromatic heterocycles. The average Bonchev–Trinajstić information content (AvgIpc) is 3.37. The molecule has 0 radical (unpaired) electrons. The van der Waals surface area contributed by atoms with Gasteiger partial charge in [0.05, 0.1) is 17.9 Å². The first kappa shape index (κ1) is 18.2. The van der Waals surface area contributed by atoms with Crippen molar-refractivity contribution >= 4 is 11.8 Å². The molecule has 2 heterocycles. The van der Waals surface area contributed by atoms with Crippen LogP contribution < -0.4 is 4.74 Å². The number of nitrogens with zero attached hydrogens (tertiary/aromatic N) is 4. The molecular weight excluding hydrogens is 376 g/mol. The second-order valence-corrected chi connectivity index (χ2v) is 6.90. The Morgan fingerprint density at radius 2 is 1.86 bits per heavy atom. The average molecular weight is 394 g/mol. The van der Waals surface area contributed by atoms with Crippen LogP contribution in [0.1, 0.15) is 18.4 Å². The molecule has 0 saturated carbocycles. The van der Waals surface area contributed by atoms with Gasteiger partial charge in [-0.2, -0.15) is 4.98 Å². The number of ether oxygens (including phenoxy) is 1. The Kier molecular flexibility index (Phi) is 5.38. The molecule has 0 aliphatic carbocycles. The Balaban J connectivity index is 1.44. The van der Waals surface area contributed by atoms with Crippen LogP contribution in [0.15, 0.2) is 62.7 Å². The zero-order valence-corrected chi connectivity index (χ0v) is 16.3. The zero-order chi connectivity index (χ0) is 19.3. The SMILES string of the molecule is CCOc1ccccc1-c1nnc(SCc2nc(-c3ccc(C)cc3)no2)o1. The Bertz CT molecular complexity index is 1060. The van der Waals surface area contributed by atoms with Crippen molar-refractivity contribution in [2.75, 3.05) is 6.61 Å². The van der Waals surface area contributed by atoms with Gasteiger partial charge in [0.2, 0.25) is 11.7 Å². The normalized spacial score (nSPS) is 10.9. The van der Waals surface area contributed by atoms with E-state index in [4.69, 9.17) is 13.7 Å². The lowest BCUT2D eigenvalue weighted by atomic mass is 10.1. The zero-order valence-electron chi connectivity index (χ0n) is 15.5. The number of hydrogen-bond acceptors (Lipinski definition) is 8. The predicted molar refractivity (Wildman–Crippen MR) is 105 cm³/mol. The van der Waals surface area contributed by atoms with Gasteiger partial charge in [0.15, 0.2) is 0 Å². The molecule has 0 unspecified atom stereocenters. The summed E-state index contributed by atoms with van der Waals surface area (Å²) in [6.07, 6.45) is 0. The van der Waals surface area contributed by atoms with E-state index in [1.54, 1.807) is 0 Å².